The van der Waals surface area contributed by atoms with Gasteiger partial charge in [-0.3, -0.25) is 0 Å². The zero-order valence-corrected chi connectivity index (χ0v) is 11.9. The number of nitrogens with one attached hydrogen (secondary N) is 2. The van der Waals surface area contributed by atoms with Crippen molar-refractivity contribution in [1.29, 1.82) is 0 Å². The Balaban J connectivity index is 2.62. The molecule has 0 heterocycles. The van der Waals surface area contributed by atoms with E-state index in [0.717, 1.165) is 17.0 Å². The molecule has 1 aromatic carbocycles. The number of rotatable bonds is 5. The number of hydrogen-bond acceptors (Lipinski definition) is 3. The Hall–Kier alpha value is -1.75. The second kappa shape index (κ2) is 6.99. The quantitative estimate of drug-likeness (QED) is 0.764. The third-order valence-electron chi connectivity index (χ3n) is 3.18. The molecule has 5 heteroatoms. The summed E-state index contributed by atoms with van der Waals surface area (Å²) in [4.78, 5) is 11.8. The van der Waals surface area contributed by atoms with Gasteiger partial charge >= 0.3 is 6.03 Å². The van der Waals surface area contributed by atoms with E-state index >= 15 is 0 Å². The molecule has 0 saturated carbocycles. The first kappa shape index (κ1) is 15.3. The van der Waals surface area contributed by atoms with Crippen LogP contribution in [0.3, 0.4) is 0 Å². The number of amides is 2. The van der Waals surface area contributed by atoms with Crippen LogP contribution in [0.2, 0.25) is 0 Å². The number of aliphatic hydroxyl groups excluding tert-OH is 1. The molecular formula is C14H22N2O3. The Bertz CT molecular complexity index is 435. The average Bonchev–Trinajstić information content (AvgIpc) is 2.39. The molecule has 3 N–H and O–H groups in total. The zero-order chi connectivity index (χ0) is 14.4. The van der Waals surface area contributed by atoms with Crippen molar-refractivity contribution in [1.82, 2.24) is 5.32 Å². The summed E-state index contributed by atoms with van der Waals surface area (Å²) in [7, 11) is 1.60. The monoisotopic (exact) mass is 266 g/mol. The van der Waals surface area contributed by atoms with E-state index in [1.165, 1.54) is 0 Å². The summed E-state index contributed by atoms with van der Waals surface area (Å²) in [5, 5.41) is 14.6. The summed E-state index contributed by atoms with van der Waals surface area (Å²) >= 11 is 0. The predicted octanol–water partition coefficient (Wildman–Crippen LogP) is 2.14. The number of carbonyl (C=O) groups excluding carboxylic acids is 1. The fraction of sp³-hybridized carbons (Fsp3) is 0.500. The average molecular weight is 266 g/mol. The second-order valence-corrected chi connectivity index (χ2v) is 4.73. The maximum Gasteiger partial charge on any atom is 0.319 e. The van der Waals surface area contributed by atoms with Gasteiger partial charge in [0.2, 0.25) is 0 Å². The molecular weight excluding hydrogens is 244 g/mol. The molecule has 2 atom stereocenters. The third-order valence-corrected chi connectivity index (χ3v) is 3.18. The smallest absolute Gasteiger partial charge is 0.319 e. The van der Waals surface area contributed by atoms with Gasteiger partial charge in [-0.05, 0) is 43.5 Å². The van der Waals surface area contributed by atoms with Crippen LogP contribution < -0.4 is 15.4 Å². The van der Waals surface area contributed by atoms with E-state index in [-0.39, 0.29) is 24.6 Å². The second-order valence-electron chi connectivity index (χ2n) is 4.73. The lowest BCUT2D eigenvalue weighted by molar-refractivity contribution is 0.204. The summed E-state index contributed by atoms with van der Waals surface area (Å²) in [6, 6.07) is 5.08. The molecule has 0 aliphatic heterocycles. The molecule has 0 radical (unpaired) electrons. The number of urea groups is 1. The molecule has 1 rings (SSSR count). The van der Waals surface area contributed by atoms with Crippen LogP contribution in [0.15, 0.2) is 18.2 Å². The van der Waals surface area contributed by atoms with Crippen molar-refractivity contribution >= 4 is 11.7 Å². The molecule has 0 aliphatic carbocycles. The van der Waals surface area contributed by atoms with Gasteiger partial charge in [-0.2, -0.15) is 0 Å². The van der Waals surface area contributed by atoms with Crippen LogP contribution >= 0.6 is 0 Å². The standard InChI is InChI=1S/C14H22N2O3/c1-9-7-12(19-4)5-6-13(9)16-14(18)15-11(3)10(2)8-17/h5-7,10-11,17H,8H2,1-4H3,(H2,15,16,18). The van der Waals surface area contributed by atoms with Gasteiger partial charge in [-0.25, -0.2) is 4.79 Å². The minimum absolute atomic E-state index is 0.0164. The van der Waals surface area contributed by atoms with Crippen molar-refractivity contribution in [2.75, 3.05) is 19.0 Å². The van der Waals surface area contributed by atoms with Gasteiger partial charge in [-0.1, -0.05) is 6.92 Å². The number of benzene rings is 1. The van der Waals surface area contributed by atoms with E-state index in [9.17, 15) is 4.79 Å². The molecule has 2 unspecified atom stereocenters. The fourth-order valence-corrected chi connectivity index (χ4v) is 1.57. The van der Waals surface area contributed by atoms with Crippen LogP contribution in [0.4, 0.5) is 10.5 Å². The summed E-state index contributed by atoms with van der Waals surface area (Å²) in [6.45, 7) is 5.69. The summed E-state index contributed by atoms with van der Waals surface area (Å²) in [5.41, 5.74) is 1.67. The van der Waals surface area contributed by atoms with E-state index in [1.54, 1.807) is 19.2 Å². The molecule has 19 heavy (non-hydrogen) atoms. The molecule has 0 aromatic heterocycles. The highest BCUT2D eigenvalue weighted by Gasteiger charge is 2.14. The van der Waals surface area contributed by atoms with Crippen molar-refractivity contribution < 1.29 is 14.6 Å². The summed E-state index contributed by atoms with van der Waals surface area (Å²) in [5.74, 6) is 0.772. The lowest BCUT2D eigenvalue weighted by Gasteiger charge is -2.20. The van der Waals surface area contributed by atoms with E-state index < -0.39 is 0 Å². The van der Waals surface area contributed by atoms with Gasteiger partial charge in [0.1, 0.15) is 5.75 Å². The topological polar surface area (TPSA) is 70.6 Å². The van der Waals surface area contributed by atoms with Crippen molar-refractivity contribution in [3.05, 3.63) is 23.8 Å². The van der Waals surface area contributed by atoms with Gasteiger partial charge < -0.3 is 20.5 Å². The minimum atomic E-state index is -0.277. The molecule has 0 spiro atoms. The first-order chi connectivity index (χ1) is 8.97. The molecule has 106 valence electrons. The van der Waals surface area contributed by atoms with Gasteiger partial charge in [0.25, 0.3) is 0 Å². The normalized spacial score (nSPS) is 13.5. The number of aliphatic hydroxyl groups is 1. The molecule has 2 amide bonds. The number of ether oxygens (including phenoxy) is 1. The lowest BCUT2D eigenvalue weighted by Crippen LogP contribution is -2.40. The van der Waals surface area contributed by atoms with Crippen LogP contribution in [0.1, 0.15) is 19.4 Å². The van der Waals surface area contributed by atoms with E-state index in [1.807, 2.05) is 26.8 Å². The maximum absolute atomic E-state index is 11.8. The lowest BCUT2D eigenvalue weighted by atomic mass is 10.1. The number of anilines is 1. The van der Waals surface area contributed by atoms with Crippen molar-refractivity contribution in [2.45, 2.75) is 26.8 Å². The predicted molar refractivity (Wildman–Crippen MR) is 75.6 cm³/mol. The van der Waals surface area contributed by atoms with Gasteiger partial charge in [0.05, 0.1) is 7.11 Å². The molecule has 0 saturated heterocycles. The first-order valence-electron chi connectivity index (χ1n) is 6.31. The SMILES string of the molecule is COc1ccc(NC(=O)NC(C)C(C)CO)c(C)c1. The summed E-state index contributed by atoms with van der Waals surface area (Å²) < 4.78 is 5.11. The molecule has 0 fully saturated rings. The highest BCUT2D eigenvalue weighted by Crippen LogP contribution is 2.20. The van der Waals surface area contributed by atoms with Gasteiger partial charge in [0.15, 0.2) is 0 Å². The maximum atomic E-state index is 11.8. The van der Waals surface area contributed by atoms with Crippen molar-refractivity contribution in [3.63, 3.8) is 0 Å². The summed E-state index contributed by atoms with van der Waals surface area (Å²) in [6.07, 6.45) is 0. The van der Waals surface area contributed by atoms with Crippen molar-refractivity contribution in [2.24, 2.45) is 5.92 Å². The molecule has 0 aliphatic rings. The van der Waals surface area contributed by atoms with E-state index in [2.05, 4.69) is 10.6 Å². The van der Waals surface area contributed by atoms with E-state index in [0.29, 0.717) is 0 Å². The van der Waals surface area contributed by atoms with Crippen LogP contribution in [0.5, 0.6) is 5.75 Å². The Morgan fingerprint density at radius 3 is 2.63 bits per heavy atom. The Kier molecular flexibility index (Phi) is 5.63. The number of aryl methyl sites for hydroxylation is 1. The fourth-order valence-electron chi connectivity index (χ4n) is 1.57. The Morgan fingerprint density at radius 1 is 1.42 bits per heavy atom. The van der Waals surface area contributed by atoms with Crippen LogP contribution in [0, 0.1) is 12.8 Å². The highest BCUT2D eigenvalue weighted by molar-refractivity contribution is 5.90. The van der Waals surface area contributed by atoms with Crippen LogP contribution in [0.25, 0.3) is 0 Å². The minimum Gasteiger partial charge on any atom is -0.497 e. The largest absolute Gasteiger partial charge is 0.497 e. The molecule has 1 aromatic rings. The van der Waals surface area contributed by atoms with Crippen LogP contribution in [-0.4, -0.2) is 30.9 Å². The zero-order valence-electron chi connectivity index (χ0n) is 11.9. The number of methoxy groups -OCH3 is 1. The Morgan fingerprint density at radius 2 is 2.11 bits per heavy atom. The number of hydrogen-bond donors (Lipinski definition) is 3. The first-order valence-corrected chi connectivity index (χ1v) is 6.31. The third kappa shape index (κ3) is 4.44. The highest BCUT2D eigenvalue weighted by atomic mass is 16.5. The molecule has 0 bridgehead atoms. The van der Waals surface area contributed by atoms with Crippen molar-refractivity contribution in [3.8, 4) is 5.75 Å². The van der Waals surface area contributed by atoms with Gasteiger partial charge in [0, 0.05) is 18.3 Å². The van der Waals surface area contributed by atoms with Gasteiger partial charge in [-0.15, -0.1) is 0 Å². The van der Waals surface area contributed by atoms with E-state index in [4.69, 9.17) is 9.84 Å². The molecule has 5 nitrogen and oxygen atoms in total. The Labute approximate surface area is 114 Å². The number of carbonyl (C=O) groups is 1. The van der Waals surface area contributed by atoms with Crippen LogP contribution in [-0.2, 0) is 0 Å².